The molecule has 0 amide bonds. The average Bonchev–Trinajstić information content (AvgIpc) is 2.40. The highest BCUT2D eigenvalue weighted by molar-refractivity contribution is 9.10. The Morgan fingerprint density at radius 3 is 2.28 bits per heavy atom. The van der Waals surface area contributed by atoms with Crippen LogP contribution in [0.3, 0.4) is 0 Å². The van der Waals surface area contributed by atoms with Crippen LogP contribution in [-0.4, -0.2) is 7.11 Å². The molecule has 0 N–H and O–H groups in total. The zero-order valence-electron chi connectivity index (χ0n) is 10.7. The van der Waals surface area contributed by atoms with Gasteiger partial charge in [-0.15, -0.1) is 0 Å². The Hall–Kier alpha value is -1.28. The van der Waals surface area contributed by atoms with E-state index in [0.29, 0.717) is 0 Å². The first-order valence-corrected chi connectivity index (χ1v) is 6.92. The van der Waals surface area contributed by atoms with Crippen molar-refractivity contribution in [2.45, 2.75) is 19.8 Å². The molecule has 0 saturated heterocycles. The maximum absolute atomic E-state index is 5.40. The van der Waals surface area contributed by atoms with Crippen molar-refractivity contribution >= 4 is 15.9 Å². The summed E-state index contributed by atoms with van der Waals surface area (Å²) in [4.78, 5) is 0. The summed E-state index contributed by atoms with van der Waals surface area (Å²) in [5.41, 5.74) is 3.89. The van der Waals surface area contributed by atoms with Crippen molar-refractivity contribution < 1.29 is 4.74 Å². The van der Waals surface area contributed by atoms with Crippen molar-refractivity contribution in [3.63, 3.8) is 0 Å². The highest BCUT2D eigenvalue weighted by Crippen LogP contribution is 2.25. The molecule has 0 aliphatic rings. The van der Waals surface area contributed by atoms with Gasteiger partial charge in [0, 0.05) is 10.9 Å². The van der Waals surface area contributed by atoms with Crippen LogP contribution >= 0.6 is 15.9 Å². The Kier molecular flexibility index (Phi) is 4.43. The van der Waals surface area contributed by atoms with Crippen LogP contribution in [0.2, 0.25) is 0 Å². The zero-order valence-corrected chi connectivity index (χ0v) is 12.3. The largest absolute Gasteiger partial charge is 0.496 e. The van der Waals surface area contributed by atoms with Crippen molar-refractivity contribution in [2.24, 2.45) is 0 Å². The van der Waals surface area contributed by atoms with Gasteiger partial charge in [0.15, 0.2) is 0 Å². The molecular formula is C16H17BrO. The van der Waals surface area contributed by atoms with Crippen LogP contribution < -0.4 is 4.74 Å². The van der Waals surface area contributed by atoms with E-state index in [1.54, 1.807) is 7.11 Å². The van der Waals surface area contributed by atoms with Crippen molar-refractivity contribution in [2.75, 3.05) is 7.11 Å². The van der Waals surface area contributed by atoms with E-state index >= 15 is 0 Å². The SMILES string of the molecule is CCc1ccc(Cc2cc(Br)ccc2OC)cc1. The topological polar surface area (TPSA) is 9.23 Å². The van der Waals surface area contributed by atoms with Crippen LogP contribution in [-0.2, 0) is 12.8 Å². The minimum absolute atomic E-state index is 0.895. The average molecular weight is 305 g/mol. The van der Waals surface area contributed by atoms with Crippen molar-refractivity contribution in [3.8, 4) is 5.75 Å². The molecule has 0 atom stereocenters. The summed E-state index contributed by atoms with van der Waals surface area (Å²) >= 11 is 3.51. The molecule has 0 unspecified atom stereocenters. The van der Waals surface area contributed by atoms with Gasteiger partial charge in [0.1, 0.15) is 5.75 Å². The molecule has 0 saturated carbocycles. The van der Waals surface area contributed by atoms with Gasteiger partial charge in [0.2, 0.25) is 0 Å². The first-order chi connectivity index (χ1) is 8.72. The van der Waals surface area contributed by atoms with Gasteiger partial charge >= 0.3 is 0 Å². The molecule has 0 heterocycles. The lowest BCUT2D eigenvalue weighted by Crippen LogP contribution is -1.94. The van der Waals surface area contributed by atoms with Crippen molar-refractivity contribution in [1.82, 2.24) is 0 Å². The summed E-state index contributed by atoms with van der Waals surface area (Å²) in [6.45, 7) is 2.17. The van der Waals surface area contributed by atoms with Crippen LogP contribution in [0.5, 0.6) is 5.75 Å². The Balaban J connectivity index is 2.24. The fraction of sp³-hybridized carbons (Fsp3) is 0.250. The van der Waals surface area contributed by atoms with E-state index in [1.807, 2.05) is 12.1 Å². The maximum atomic E-state index is 5.40. The Morgan fingerprint density at radius 1 is 1.00 bits per heavy atom. The Labute approximate surface area is 117 Å². The van der Waals surface area contributed by atoms with Crippen LogP contribution in [0.15, 0.2) is 46.9 Å². The normalized spacial score (nSPS) is 10.4. The molecule has 0 fully saturated rings. The number of benzene rings is 2. The van der Waals surface area contributed by atoms with E-state index in [1.165, 1.54) is 16.7 Å². The van der Waals surface area contributed by atoms with Gasteiger partial charge in [-0.3, -0.25) is 0 Å². The summed E-state index contributed by atoms with van der Waals surface area (Å²) in [5.74, 6) is 0.942. The Bertz CT molecular complexity index is 517. The standard InChI is InChI=1S/C16H17BrO/c1-3-12-4-6-13(7-5-12)10-14-11-15(17)8-9-16(14)18-2/h4-9,11H,3,10H2,1-2H3. The zero-order chi connectivity index (χ0) is 13.0. The molecule has 0 spiro atoms. The lowest BCUT2D eigenvalue weighted by molar-refractivity contribution is 0.410. The van der Waals surface area contributed by atoms with Crippen LogP contribution in [0, 0.1) is 0 Å². The summed E-state index contributed by atoms with van der Waals surface area (Å²) in [5, 5.41) is 0. The molecule has 2 aromatic rings. The van der Waals surface area contributed by atoms with Gasteiger partial charge in [0.05, 0.1) is 7.11 Å². The highest BCUT2D eigenvalue weighted by atomic mass is 79.9. The van der Waals surface area contributed by atoms with Gasteiger partial charge in [0.25, 0.3) is 0 Å². The predicted molar refractivity (Wildman–Crippen MR) is 79.3 cm³/mol. The lowest BCUT2D eigenvalue weighted by Gasteiger charge is -2.09. The van der Waals surface area contributed by atoms with Gasteiger partial charge in [-0.1, -0.05) is 47.1 Å². The second-order valence-electron chi connectivity index (χ2n) is 4.30. The molecule has 2 heteroatoms. The molecule has 0 aliphatic carbocycles. The molecule has 0 radical (unpaired) electrons. The van der Waals surface area contributed by atoms with E-state index in [-0.39, 0.29) is 0 Å². The fourth-order valence-corrected chi connectivity index (χ4v) is 2.41. The summed E-state index contributed by atoms with van der Waals surface area (Å²) < 4.78 is 6.48. The Morgan fingerprint density at radius 2 is 1.67 bits per heavy atom. The van der Waals surface area contributed by atoms with E-state index in [4.69, 9.17) is 4.74 Å². The molecule has 94 valence electrons. The first-order valence-electron chi connectivity index (χ1n) is 6.13. The van der Waals surface area contributed by atoms with Crippen molar-refractivity contribution in [3.05, 3.63) is 63.6 Å². The van der Waals surface area contributed by atoms with Gasteiger partial charge in [-0.25, -0.2) is 0 Å². The third-order valence-electron chi connectivity index (χ3n) is 3.07. The van der Waals surface area contributed by atoms with Crippen LogP contribution in [0.1, 0.15) is 23.6 Å². The molecule has 1 nitrogen and oxygen atoms in total. The fourth-order valence-electron chi connectivity index (χ4n) is 2.00. The predicted octanol–water partition coefficient (Wildman–Crippen LogP) is 4.61. The van der Waals surface area contributed by atoms with E-state index in [0.717, 1.165) is 23.1 Å². The van der Waals surface area contributed by atoms with Gasteiger partial charge < -0.3 is 4.74 Å². The van der Waals surface area contributed by atoms with Crippen LogP contribution in [0.25, 0.3) is 0 Å². The van der Waals surface area contributed by atoms with Gasteiger partial charge in [-0.2, -0.15) is 0 Å². The molecule has 0 bridgehead atoms. The molecule has 2 rings (SSSR count). The summed E-state index contributed by atoms with van der Waals surface area (Å²) in [6.07, 6.45) is 1.98. The molecule has 2 aromatic carbocycles. The quantitative estimate of drug-likeness (QED) is 0.801. The summed E-state index contributed by atoms with van der Waals surface area (Å²) in [6, 6.07) is 14.9. The smallest absolute Gasteiger partial charge is 0.122 e. The molecule has 0 aliphatic heterocycles. The minimum atomic E-state index is 0.895. The van der Waals surface area contributed by atoms with Gasteiger partial charge in [-0.05, 0) is 41.3 Å². The number of methoxy groups -OCH3 is 1. The minimum Gasteiger partial charge on any atom is -0.496 e. The van der Waals surface area contributed by atoms with E-state index in [2.05, 4.69) is 53.2 Å². The maximum Gasteiger partial charge on any atom is 0.122 e. The summed E-state index contributed by atoms with van der Waals surface area (Å²) in [7, 11) is 1.72. The molecule has 18 heavy (non-hydrogen) atoms. The number of rotatable bonds is 4. The number of ether oxygens (including phenoxy) is 1. The third kappa shape index (κ3) is 3.14. The number of hydrogen-bond donors (Lipinski definition) is 0. The van der Waals surface area contributed by atoms with Crippen LogP contribution in [0.4, 0.5) is 0 Å². The number of halogens is 1. The van der Waals surface area contributed by atoms with E-state index < -0.39 is 0 Å². The third-order valence-corrected chi connectivity index (χ3v) is 3.56. The highest BCUT2D eigenvalue weighted by Gasteiger charge is 2.05. The monoisotopic (exact) mass is 304 g/mol. The molecular weight excluding hydrogens is 288 g/mol. The second-order valence-corrected chi connectivity index (χ2v) is 5.22. The second kappa shape index (κ2) is 6.05. The van der Waals surface area contributed by atoms with Crippen molar-refractivity contribution in [1.29, 1.82) is 0 Å². The lowest BCUT2D eigenvalue weighted by atomic mass is 10.0. The first kappa shape index (κ1) is 13.2. The van der Waals surface area contributed by atoms with E-state index in [9.17, 15) is 0 Å². The number of aryl methyl sites for hydroxylation is 1. The number of hydrogen-bond acceptors (Lipinski definition) is 1. The molecule has 0 aromatic heterocycles.